The van der Waals surface area contributed by atoms with Crippen molar-refractivity contribution in [2.75, 3.05) is 93.0 Å². The Morgan fingerprint density at radius 1 is 0.576 bits per heavy atom. The minimum Gasteiger partial charge on any atom is -0.396 e. The van der Waals surface area contributed by atoms with Gasteiger partial charge < -0.3 is 98.8 Å². The van der Waals surface area contributed by atoms with E-state index in [9.17, 15) is 51.1 Å². The number of ether oxygens (including phenoxy) is 9. The third kappa shape index (κ3) is 12.7. The molecule has 348 valence electrons. The lowest BCUT2D eigenvalue weighted by molar-refractivity contribution is -0.306. The first-order valence-corrected chi connectivity index (χ1v) is 20.8. The van der Waals surface area contributed by atoms with Crippen molar-refractivity contribution in [2.45, 2.75) is 119 Å². The molecule has 3 heterocycles. The molecule has 20 atom stereocenters. The van der Waals surface area contributed by atoms with Crippen molar-refractivity contribution in [3.63, 3.8) is 0 Å². The molecule has 4 rings (SSSR count). The Morgan fingerprint density at radius 2 is 1.19 bits per heavy atom. The average Bonchev–Trinajstić information content (AvgIpc) is 3.23. The maximum absolute atomic E-state index is 11.5. The van der Waals surface area contributed by atoms with E-state index < -0.39 is 127 Å². The monoisotopic (exact) mass is 860 g/mol. The first-order valence-electron chi connectivity index (χ1n) is 20.8. The van der Waals surface area contributed by atoms with Crippen molar-refractivity contribution in [3.05, 3.63) is 0 Å². The van der Waals surface area contributed by atoms with Crippen LogP contribution in [0.1, 0.15) is 33.6 Å². The highest BCUT2D eigenvalue weighted by molar-refractivity contribution is 4.99. The predicted molar refractivity (Wildman–Crippen MR) is 203 cm³/mol. The van der Waals surface area contributed by atoms with Gasteiger partial charge in [-0.05, 0) is 25.2 Å². The molecule has 0 spiro atoms. The average molecular weight is 861 g/mol. The Hall–Kier alpha value is -0.800. The zero-order valence-electron chi connectivity index (χ0n) is 34.7. The summed E-state index contributed by atoms with van der Waals surface area (Å²) in [5.74, 6) is -3.37. The highest BCUT2D eigenvalue weighted by Crippen LogP contribution is 2.44. The summed E-state index contributed by atoms with van der Waals surface area (Å²) < 4.78 is 52.1. The van der Waals surface area contributed by atoms with Crippen LogP contribution in [0.2, 0.25) is 0 Å². The van der Waals surface area contributed by atoms with Gasteiger partial charge in [-0.25, -0.2) is 0 Å². The van der Waals surface area contributed by atoms with E-state index in [1.54, 1.807) is 13.8 Å². The summed E-state index contributed by atoms with van der Waals surface area (Å²) in [6.07, 6.45) is -16.3. The van der Waals surface area contributed by atoms with Crippen LogP contribution in [0.25, 0.3) is 0 Å². The predicted octanol–water partition coefficient (Wildman–Crippen LogP) is -4.24. The van der Waals surface area contributed by atoms with E-state index in [1.807, 2.05) is 6.92 Å². The van der Waals surface area contributed by atoms with Gasteiger partial charge >= 0.3 is 0 Å². The minimum absolute atomic E-state index is 0.0266. The number of hydrogen-bond donors (Lipinski definition) is 11. The topological polar surface area (TPSA) is 306 Å². The Balaban J connectivity index is 1.46. The van der Waals surface area contributed by atoms with Gasteiger partial charge in [0.15, 0.2) is 6.29 Å². The molecule has 4 fully saturated rings. The van der Waals surface area contributed by atoms with Crippen LogP contribution in [0.15, 0.2) is 0 Å². The van der Waals surface area contributed by atoms with Gasteiger partial charge in [-0.15, -0.1) is 0 Å². The summed E-state index contributed by atoms with van der Waals surface area (Å²) in [6, 6.07) is 0. The van der Waals surface area contributed by atoms with Crippen molar-refractivity contribution < 1.29 is 98.8 Å². The lowest BCUT2D eigenvalue weighted by atomic mass is 9.62. The van der Waals surface area contributed by atoms with E-state index in [0.29, 0.717) is 19.4 Å². The number of aliphatic hydroxyl groups excluding tert-OH is 11. The molecule has 0 radical (unpaired) electrons. The second-order valence-electron chi connectivity index (χ2n) is 16.8. The fourth-order valence-electron chi connectivity index (χ4n) is 8.71. The van der Waals surface area contributed by atoms with Crippen LogP contribution in [-0.4, -0.2) is 235 Å². The van der Waals surface area contributed by atoms with Crippen LogP contribution in [-0.2, 0) is 42.6 Å². The van der Waals surface area contributed by atoms with Gasteiger partial charge in [0.25, 0.3) is 0 Å². The van der Waals surface area contributed by atoms with Gasteiger partial charge in [-0.1, -0.05) is 13.8 Å². The summed E-state index contributed by atoms with van der Waals surface area (Å²) in [5.41, 5.74) is -0.844. The largest absolute Gasteiger partial charge is 0.396 e. The second-order valence-corrected chi connectivity index (χ2v) is 16.8. The van der Waals surface area contributed by atoms with E-state index in [4.69, 9.17) is 47.7 Å². The molecule has 3 saturated heterocycles. The van der Waals surface area contributed by atoms with Gasteiger partial charge in [0.1, 0.15) is 30.5 Å². The Labute approximate surface area is 345 Å². The van der Waals surface area contributed by atoms with Crippen LogP contribution >= 0.6 is 0 Å². The number of rotatable bonds is 23. The second kappa shape index (κ2) is 24.3. The van der Waals surface area contributed by atoms with Crippen molar-refractivity contribution in [1.82, 2.24) is 0 Å². The van der Waals surface area contributed by atoms with E-state index >= 15 is 0 Å². The van der Waals surface area contributed by atoms with E-state index in [-0.39, 0.29) is 72.7 Å². The van der Waals surface area contributed by atoms with Crippen molar-refractivity contribution in [2.24, 2.45) is 35.0 Å². The Morgan fingerprint density at radius 3 is 1.78 bits per heavy atom. The van der Waals surface area contributed by atoms with Crippen molar-refractivity contribution in [1.29, 1.82) is 0 Å². The van der Waals surface area contributed by atoms with Crippen LogP contribution in [0.3, 0.4) is 0 Å². The number of aliphatic hydroxyl groups is 11. The molecule has 20 heteroatoms. The maximum atomic E-state index is 11.5. The molecule has 0 aromatic rings. The first kappa shape index (κ1) is 50.8. The molecule has 20 nitrogen and oxygen atoms in total. The van der Waals surface area contributed by atoms with Gasteiger partial charge in [-0.3, -0.25) is 0 Å². The molecule has 59 heavy (non-hydrogen) atoms. The van der Waals surface area contributed by atoms with Crippen molar-refractivity contribution in [3.8, 4) is 0 Å². The van der Waals surface area contributed by atoms with E-state index in [2.05, 4.69) is 0 Å². The number of methoxy groups -OCH3 is 1. The summed E-state index contributed by atoms with van der Waals surface area (Å²) in [4.78, 5) is 0. The molecular formula is C39H72O20. The van der Waals surface area contributed by atoms with Crippen LogP contribution < -0.4 is 0 Å². The molecule has 0 bridgehead atoms. The molecule has 4 aliphatic rings. The van der Waals surface area contributed by atoms with Gasteiger partial charge in [0.05, 0.1) is 108 Å². The maximum Gasteiger partial charge on any atom is 0.186 e. The fraction of sp³-hybridized carbons (Fsp3) is 1.00. The lowest BCUT2D eigenvalue weighted by Crippen LogP contribution is -2.60. The molecule has 0 aromatic carbocycles. The highest BCUT2D eigenvalue weighted by Gasteiger charge is 2.51. The van der Waals surface area contributed by atoms with Gasteiger partial charge in [0.2, 0.25) is 0 Å². The molecule has 11 N–H and O–H groups in total. The lowest BCUT2D eigenvalue weighted by Gasteiger charge is -2.49. The quantitative estimate of drug-likeness (QED) is 0.0434. The van der Waals surface area contributed by atoms with Crippen LogP contribution in [0, 0.1) is 35.0 Å². The molecule has 3 aliphatic heterocycles. The molecule has 0 aromatic heterocycles. The summed E-state index contributed by atoms with van der Waals surface area (Å²) >= 11 is 0. The third-order valence-electron chi connectivity index (χ3n) is 12.7. The smallest absolute Gasteiger partial charge is 0.186 e. The van der Waals surface area contributed by atoms with Gasteiger partial charge in [0, 0.05) is 63.1 Å². The van der Waals surface area contributed by atoms with E-state index in [0.717, 1.165) is 0 Å². The zero-order valence-corrected chi connectivity index (χ0v) is 34.7. The van der Waals surface area contributed by atoms with Gasteiger partial charge in [-0.2, -0.15) is 0 Å². The zero-order chi connectivity index (χ0) is 43.4. The van der Waals surface area contributed by atoms with Crippen molar-refractivity contribution >= 4 is 0 Å². The molecule has 20 unspecified atom stereocenters. The minimum atomic E-state index is -1.53. The third-order valence-corrected chi connectivity index (χ3v) is 12.7. The van der Waals surface area contributed by atoms with Crippen LogP contribution in [0.4, 0.5) is 0 Å². The molecule has 1 saturated carbocycles. The first-order chi connectivity index (χ1) is 28.2. The Bertz CT molecular complexity index is 1170. The summed E-state index contributed by atoms with van der Waals surface area (Å²) in [7, 11) is 1.42. The molecular weight excluding hydrogens is 788 g/mol. The summed E-state index contributed by atoms with van der Waals surface area (Å²) in [5, 5.41) is 117. The normalized spacial score (nSPS) is 44.5. The number of hydrogen-bond acceptors (Lipinski definition) is 20. The Kier molecular flexibility index (Phi) is 21.0. The summed E-state index contributed by atoms with van der Waals surface area (Å²) in [6.45, 7) is 4.09. The van der Waals surface area contributed by atoms with E-state index in [1.165, 1.54) is 7.11 Å². The highest BCUT2D eigenvalue weighted by atomic mass is 16.7. The standard InChI is InChI=1S/C39H72O20/c1-5-52-11-21-9-39(3,19-42)24(34(47)31(21)44)14-55-17-29-36(49)33(46)23(13-54-16-28-35(48)32(45)22(12-51-4)25(10-41)57-28)27(58-29)18-56-38-37(50)30(43)20(2)26(59-38)15-53-8-6-7-40/h20-38,40-50H,5-19H2,1-4H3. The SMILES string of the molecule is CCOCC1CC(C)(CO)C(COCC2OC(COC3OC(COCCCO)C(C)C(O)C3O)C(COCC3OC(CO)C(COC)C(O)C3O)C(O)C2O)C(O)C1O. The molecule has 0 amide bonds. The van der Waals surface area contributed by atoms with Crippen LogP contribution in [0.5, 0.6) is 0 Å². The fourth-order valence-corrected chi connectivity index (χ4v) is 8.71. The molecule has 1 aliphatic carbocycles.